The van der Waals surface area contributed by atoms with E-state index in [2.05, 4.69) is 10.3 Å². The van der Waals surface area contributed by atoms with Gasteiger partial charge in [-0.1, -0.05) is 6.42 Å². The maximum atomic E-state index is 12.1. The van der Waals surface area contributed by atoms with E-state index in [9.17, 15) is 4.79 Å². The molecule has 18 heavy (non-hydrogen) atoms. The lowest BCUT2D eigenvalue weighted by Gasteiger charge is -2.23. The molecule has 5 heteroatoms. The van der Waals surface area contributed by atoms with Crippen LogP contribution in [-0.2, 0) is 0 Å². The lowest BCUT2D eigenvalue weighted by Crippen LogP contribution is -2.39. The minimum Gasteiger partial charge on any atom is -0.472 e. The third-order valence-electron chi connectivity index (χ3n) is 3.61. The Kier molecular flexibility index (Phi) is 3.32. The van der Waals surface area contributed by atoms with Gasteiger partial charge >= 0.3 is 5.56 Å². The van der Waals surface area contributed by atoms with Gasteiger partial charge in [-0.2, -0.15) is 0 Å². The second kappa shape index (κ2) is 5.10. The molecular weight excluding hydrogens is 230 g/mol. The van der Waals surface area contributed by atoms with E-state index in [1.165, 1.54) is 12.8 Å². The van der Waals surface area contributed by atoms with Gasteiger partial charge in [0.2, 0.25) is 0 Å². The summed E-state index contributed by atoms with van der Waals surface area (Å²) >= 11 is 0. The van der Waals surface area contributed by atoms with Crippen LogP contribution in [0.5, 0.6) is 5.88 Å². The van der Waals surface area contributed by atoms with Crippen molar-refractivity contribution in [3.05, 3.63) is 22.7 Å². The molecule has 1 N–H and O–H groups in total. The topological polar surface area (TPSA) is 56.1 Å². The molecule has 1 unspecified atom stereocenters. The van der Waals surface area contributed by atoms with Crippen LogP contribution >= 0.6 is 0 Å². The molecule has 0 spiro atoms. The van der Waals surface area contributed by atoms with E-state index in [-0.39, 0.29) is 11.4 Å². The van der Waals surface area contributed by atoms with Crippen molar-refractivity contribution in [3.8, 4) is 5.88 Å². The highest BCUT2D eigenvalue weighted by Gasteiger charge is 2.25. The van der Waals surface area contributed by atoms with Gasteiger partial charge in [0.25, 0.3) is 5.88 Å². The molecule has 1 saturated carbocycles. The fourth-order valence-electron chi connectivity index (χ4n) is 2.39. The number of hydrogen-bond donors (Lipinski definition) is 1. The molecule has 3 rings (SSSR count). The fourth-order valence-corrected chi connectivity index (χ4v) is 2.39. The van der Waals surface area contributed by atoms with Gasteiger partial charge in [-0.3, -0.25) is 4.79 Å². The first-order valence-electron chi connectivity index (χ1n) is 6.78. The van der Waals surface area contributed by atoms with E-state index in [0.717, 1.165) is 25.8 Å². The van der Waals surface area contributed by atoms with Gasteiger partial charge < -0.3 is 14.6 Å². The zero-order valence-electron chi connectivity index (χ0n) is 10.5. The minimum atomic E-state index is -0.0872. The Morgan fingerprint density at radius 3 is 3.00 bits per heavy atom. The van der Waals surface area contributed by atoms with Crippen LogP contribution in [0.4, 0.5) is 0 Å². The first-order chi connectivity index (χ1) is 8.84. The average molecular weight is 249 g/mol. The minimum absolute atomic E-state index is 0.0872. The molecule has 2 aliphatic rings. The molecule has 2 heterocycles. The molecule has 1 aliphatic heterocycles. The van der Waals surface area contributed by atoms with E-state index >= 15 is 0 Å². The number of piperidine rings is 1. The Hall–Kier alpha value is -1.36. The Morgan fingerprint density at radius 1 is 1.39 bits per heavy atom. The number of ether oxygens (including phenoxy) is 1. The van der Waals surface area contributed by atoms with Crippen molar-refractivity contribution in [1.29, 1.82) is 0 Å². The van der Waals surface area contributed by atoms with Crippen LogP contribution in [0.3, 0.4) is 0 Å². The summed E-state index contributed by atoms with van der Waals surface area (Å²) in [5.41, 5.74) is -0.0872. The summed E-state index contributed by atoms with van der Waals surface area (Å²) in [7, 11) is 0. The predicted octanol–water partition coefficient (Wildman–Crippen LogP) is 1.10. The highest BCUT2D eigenvalue weighted by molar-refractivity contribution is 5.07. The van der Waals surface area contributed by atoms with Crippen LogP contribution in [0.2, 0.25) is 0 Å². The van der Waals surface area contributed by atoms with Gasteiger partial charge in [-0.05, 0) is 32.2 Å². The molecule has 1 aromatic heterocycles. The summed E-state index contributed by atoms with van der Waals surface area (Å²) in [4.78, 5) is 16.1. The number of hydrogen-bond acceptors (Lipinski definition) is 4. The van der Waals surface area contributed by atoms with Crippen molar-refractivity contribution < 1.29 is 4.74 Å². The highest BCUT2D eigenvalue weighted by Crippen LogP contribution is 2.33. The fraction of sp³-hybridized carbons (Fsp3) is 0.692. The van der Waals surface area contributed by atoms with E-state index < -0.39 is 0 Å². The summed E-state index contributed by atoms with van der Waals surface area (Å²) in [6, 6.07) is 0.727. The van der Waals surface area contributed by atoms with E-state index in [4.69, 9.17) is 4.74 Å². The Bertz CT molecular complexity index is 462. The third kappa shape index (κ3) is 2.56. The molecule has 2 fully saturated rings. The molecule has 0 bridgehead atoms. The van der Waals surface area contributed by atoms with E-state index in [1.54, 1.807) is 17.0 Å². The first-order valence-corrected chi connectivity index (χ1v) is 6.78. The monoisotopic (exact) mass is 249 g/mol. The van der Waals surface area contributed by atoms with Gasteiger partial charge in [-0.15, -0.1) is 0 Å². The largest absolute Gasteiger partial charge is 0.472 e. The van der Waals surface area contributed by atoms with Crippen LogP contribution in [0.15, 0.2) is 17.2 Å². The Labute approximate surface area is 106 Å². The molecule has 0 radical (unpaired) electrons. The van der Waals surface area contributed by atoms with Crippen molar-refractivity contribution in [1.82, 2.24) is 14.9 Å². The molecule has 0 amide bonds. The molecule has 5 nitrogen and oxygen atoms in total. The maximum absolute atomic E-state index is 12.1. The van der Waals surface area contributed by atoms with Crippen LogP contribution in [-0.4, -0.2) is 28.7 Å². The number of nitrogens with one attached hydrogen (secondary N) is 1. The zero-order valence-corrected chi connectivity index (χ0v) is 10.5. The quantitative estimate of drug-likeness (QED) is 0.868. The van der Waals surface area contributed by atoms with Gasteiger partial charge in [0.05, 0.1) is 0 Å². The van der Waals surface area contributed by atoms with Crippen LogP contribution in [0, 0.1) is 0 Å². The summed E-state index contributed by atoms with van der Waals surface area (Å²) in [6.07, 6.45) is 9.17. The summed E-state index contributed by atoms with van der Waals surface area (Å²) in [6.45, 7) is 1.58. The number of aromatic nitrogens is 2. The molecular formula is C13H19N3O2. The highest BCUT2D eigenvalue weighted by atomic mass is 16.5. The van der Waals surface area contributed by atoms with Gasteiger partial charge in [0.15, 0.2) is 0 Å². The summed E-state index contributed by atoms with van der Waals surface area (Å²) in [5, 5.41) is 3.40. The first kappa shape index (κ1) is 11.7. The normalized spacial score (nSPS) is 23.9. The molecule has 1 aromatic rings. The SMILES string of the molecule is O=c1c(OCC2CCCCN2)nccn1C1CC1. The maximum Gasteiger partial charge on any atom is 0.313 e. The average Bonchev–Trinajstić information content (AvgIpc) is 3.23. The lowest BCUT2D eigenvalue weighted by atomic mass is 10.1. The van der Waals surface area contributed by atoms with Crippen molar-refractivity contribution in [2.24, 2.45) is 0 Å². The number of rotatable bonds is 4. The van der Waals surface area contributed by atoms with Crippen molar-refractivity contribution >= 4 is 0 Å². The van der Waals surface area contributed by atoms with Crippen molar-refractivity contribution in [2.45, 2.75) is 44.2 Å². The molecule has 98 valence electrons. The third-order valence-corrected chi connectivity index (χ3v) is 3.61. The van der Waals surface area contributed by atoms with Gasteiger partial charge in [0, 0.05) is 24.5 Å². The predicted molar refractivity (Wildman–Crippen MR) is 67.9 cm³/mol. The van der Waals surface area contributed by atoms with Crippen LogP contribution < -0.4 is 15.6 Å². The van der Waals surface area contributed by atoms with Crippen molar-refractivity contribution in [2.75, 3.05) is 13.2 Å². The molecule has 1 saturated heterocycles. The second-order valence-corrected chi connectivity index (χ2v) is 5.13. The molecule has 1 aliphatic carbocycles. The van der Waals surface area contributed by atoms with E-state index in [1.807, 2.05) is 0 Å². The van der Waals surface area contributed by atoms with Gasteiger partial charge in [0.1, 0.15) is 6.61 Å². The van der Waals surface area contributed by atoms with Crippen molar-refractivity contribution in [3.63, 3.8) is 0 Å². The zero-order chi connectivity index (χ0) is 12.4. The molecule has 0 aromatic carbocycles. The van der Waals surface area contributed by atoms with Gasteiger partial charge in [-0.25, -0.2) is 4.98 Å². The van der Waals surface area contributed by atoms with Crippen LogP contribution in [0.25, 0.3) is 0 Å². The van der Waals surface area contributed by atoms with Crippen LogP contribution in [0.1, 0.15) is 38.1 Å². The lowest BCUT2D eigenvalue weighted by molar-refractivity contribution is 0.228. The summed E-state index contributed by atoms with van der Waals surface area (Å²) < 4.78 is 7.33. The summed E-state index contributed by atoms with van der Waals surface area (Å²) in [5.74, 6) is 0.247. The molecule has 1 atom stereocenters. The number of nitrogens with zero attached hydrogens (tertiary/aromatic N) is 2. The second-order valence-electron chi connectivity index (χ2n) is 5.13. The van der Waals surface area contributed by atoms with E-state index in [0.29, 0.717) is 18.7 Å². The standard InChI is InChI=1S/C13H19N3O2/c17-13-12(15-7-8-16(13)11-4-5-11)18-9-10-3-1-2-6-14-10/h7-8,10-11,14H,1-6,9H2. The Morgan fingerprint density at radius 2 is 2.28 bits per heavy atom. The smallest absolute Gasteiger partial charge is 0.313 e. The Balaban J connectivity index is 1.65.